The minimum atomic E-state index is -2.00. The Morgan fingerprint density at radius 1 is 1.32 bits per heavy atom. The van der Waals surface area contributed by atoms with E-state index < -0.39 is 26.4 Å². The van der Waals surface area contributed by atoms with Crippen molar-refractivity contribution in [3.63, 3.8) is 0 Å². The lowest BCUT2D eigenvalue weighted by atomic mass is 10.1. The molecule has 0 aromatic carbocycles. The summed E-state index contributed by atoms with van der Waals surface area (Å²) >= 11 is 6.39. The van der Waals surface area contributed by atoms with Gasteiger partial charge < -0.3 is 23.4 Å². The molecule has 0 spiro atoms. The molecule has 31 heavy (non-hydrogen) atoms. The number of nitrogens with zero attached hydrogens (tertiary/aromatic N) is 4. The van der Waals surface area contributed by atoms with E-state index in [1.807, 2.05) is 19.9 Å². The van der Waals surface area contributed by atoms with E-state index in [-0.39, 0.29) is 34.0 Å². The molecule has 0 aliphatic carbocycles. The Kier molecular flexibility index (Phi) is 6.60. The molecule has 11 heteroatoms. The lowest BCUT2D eigenvalue weighted by Gasteiger charge is -2.37. The molecule has 0 saturated carbocycles. The molecular formula is C20H31ClN4O5Si. The zero-order valence-electron chi connectivity index (χ0n) is 19.3. The predicted molar refractivity (Wildman–Crippen MR) is 118 cm³/mol. The van der Waals surface area contributed by atoms with Gasteiger partial charge in [0.1, 0.15) is 24.4 Å². The van der Waals surface area contributed by atoms with Crippen molar-refractivity contribution in [3.05, 3.63) is 11.0 Å². The maximum Gasteiger partial charge on any atom is 0.207 e. The van der Waals surface area contributed by atoms with Gasteiger partial charge in [-0.3, -0.25) is 4.57 Å². The van der Waals surface area contributed by atoms with Crippen molar-refractivity contribution in [2.75, 3.05) is 13.7 Å². The monoisotopic (exact) mass is 470 g/mol. The van der Waals surface area contributed by atoms with E-state index in [4.69, 9.17) is 35.0 Å². The van der Waals surface area contributed by atoms with E-state index in [0.29, 0.717) is 6.61 Å². The Bertz CT molecular complexity index is 889. The fourth-order valence-corrected chi connectivity index (χ4v) is 4.71. The lowest BCUT2D eigenvalue weighted by molar-refractivity contribution is -0.199. The number of ether oxygens (including phenoxy) is 4. The van der Waals surface area contributed by atoms with Crippen molar-refractivity contribution in [2.45, 2.75) is 83.1 Å². The summed E-state index contributed by atoms with van der Waals surface area (Å²) in [5.74, 6) is -0.564. The van der Waals surface area contributed by atoms with Crippen LogP contribution in [0.15, 0.2) is 4.99 Å². The average molecular weight is 471 g/mol. The summed E-state index contributed by atoms with van der Waals surface area (Å²) in [4.78, 5) is 8.32. The van der Waals surface area contributed by atoms with Gasteiger partial charge in [0.2, 0.25) is 5.28 Å². The second-order valence-corrected chi connectivity index (χ2v) is 14.9. The van der Waals surface area contributed by atoms with Crippen LogP contribution in [-0.4, -0.2) is 62.1 Å². The Morgan fingerprint density at radius 3 is 2.55 bits per heavy atom. The SMILES string of the molecule is CO/C=N/c1c(C#N)nc(Cl)n1[C@@H]1O[C@H](CO[Si](C)(C)C(C)(C)C)[C@H]2OC(C)(C)O[C@H]21. The highest BCUT2D eigenvalue weighted by molar-refractivity contribution is 6.74. The highest BCUT2D eigenvalue weighted by atomic mass is 35.5. The second kappa shape index (κ2) is 8.46. The van der Waals surface area contributed by atoms with E-state index in [1.165, 1.54) is 13.5 Å². The summed E-state index contributed by atoms with van der Waals surface area (Å²) in [7, 11) is -0.536. The van der Waals surface area contributed by atoms with Gasteiger partial charge in [0.25, 0.3) is 0 Å². The van der Waals surface area contributed by atoms with E-state index in [9.17, 15) is 5.26 Å². The van der Waals surface area contributed by atoms with Gasteiger partial charge in [-0.05, 0) is 43.6 Å². The number of methoxy groups -OCH3 is 1. The third kappa shape index (κ3) is 4.67. The van der Waals surface area contributed by atoms with Gasteiger partial charge in [0, 0.05) is 0 Å². The molecule has 2 aliphatic heterocycles. The molecule has 0 radical (unpaired) electrons. The van der Waals surface area contributed by atoms with Crippen molar-refractivity contribution in [1.29, 1.82) is 5.26 Å². The average Bonchev–Trinajstić information content (AvgIpc) is 3.25. The smallest absolute Gasteiger partial charge is 0.207 e. The Balaban J connectivity index is 1.94. The minimum absolute atomic E-state index is 0.0636. The molecule has 9 nitrogen and oxygen atoms in total. The van der Waals surface area contributed by atoms with Crippen LogP contribution in [0.3, 0.4) is 0 Å². The molecule has 2 saturated heterocycles. The summed E-state index contributed by atoms with van der Waals surface area (Å²) in [6.07, 6.45) is -0.698. The number of nitriles is 1. The number of rotatable bonds is 6. The molecule has 172 valence electrons. The van der Waals surface area contributed by atoms with Gasteiger partial charge >= 0.3 is 0 Å². The number of aromatic nitrogens is 2. The molecule has 0 bridgehead atoms. The second-order valence-electron chi connectivity index (χ2n) is 9.71. The number of fused-ring (bicyclic) bond motifs is 1. The van der Waals surface area contributed by atoms with Crippen LogP contribution < -0.4 is 0 Å². The topological polar surface area (TPSA) is 100 Å². The normalized spacial score (nSPS) is 28.1. The Morgan fingerprint density at radius 2 is 1.97 bits per heavy atom. The molecule has 1 aromatic heterocycles. The standard InChI is InChI=1S/C20H31ClN4O5Si/c1-19(2,3)31(7,8)27-10-13-14-15(30-20(4,5)29-14)17(28-13)25-16(23-11-26-6)12(9-22)24-18(25)21/h11,13-15,17H,10H2,1-8H3/b23-11+/t13-,14-,15-,17-/m1/s1. The third-order valence-corrected chi connectivity index (χ3v) is 10.8. The van der Waals surface area contributed by atoms with Gasteiger partial charge in [-0.2, -0.15) is 10.3 Å². The highest BCUT2D eigenvalue weighted by Gasteiger charge is 2.57. The molecule has 3 heterocycles. The van der Waals surface area contributed by atoms with Gasteiger partial charge in [-0.15, -0.1) is 0 Å². The first-order valence-corrected chi connectivity index (χ1v) is 13.5. The number of hydrogen-bond donors (Lipinski definition) is 0. The van der Waals surface area contributed by atoms with Gasteiger partial charge in [-0.25, -0.2) is 4.98 Å². The number of aliphatic imine (C=N–C) groups is 1. The van der Waals surface area contributed by atoms with Crippen molar-refractivity contribution in [3.8, 4) is 6.07 Å². The van der Waals surface area contributed by atoms with Gasteiger partial charge in [0.15, 0.2) is 38.2 Å². The Hall–Kier alpha value is -1.48. The van der Waals surface area contributed by atoms with E-state index in [0.717, 1.165) is 0 Å². The van der Waals surface area contributed by atoms with Crippen molar-refractivity contribution >= 4 is 32.1 Å². The summed E-state index contributed by atoms with van der Waals surface area (Å²) < 4.78 is 31.5. The molecule has 0 amide bonds. The molecule has 0 N–H and O–H groups in total. The molecule has 0 unspecified atom stereocenters. The predicted octanol–water partition coefficient (Wildman–Crippen LogP) is 4.15. The maximum absolute atomic E-state index is 9.46. The zero-order valence-corrected chi connectivity index (χ0v) is 21.1. The first kappa shape index (κ1) is 24.2. The lowest BCUT2D eigenvalue weighted by Crippen LogP contribution is -2.44. The largest absolute Gasteiger partial charge is 0.486 e. The first-order chi connectivity index (χ1) is 14.3. The van der Waals surface area contributed by atoms with Crippen LogP contribution in [0, 0.1) is 11.3 Å². The molecule has 2 aliphatic rings. The molecule has 1 aromatic rings. The zero-order chi connectivity index (χ0) is 23.2. The molecule has 2 fully saturated rings. The summed E-state index contributed by atoms with van der Waals surface area (Å²) in [6, 6.07) is 2.01. The summed E-state index contributed by atoms with van der Waals surface area (Å²) in [6.45, 7) is 15.0. The maximum atomic E-state index is 9.46. The third-order valence-electron chi connectivity index (χ3n) is 6.02. The molecular weight excluding hydrogens is 440 g/mol. The van der Waals surface area contributed by atoms with E-state index in [2.05, 4.69) is 43.8 Å². The molecule has 4 atom stereocenters. The van der Waals surface area contributed by atoms with Gasteiger partial charge in [0.05, 0.1) is 13.7 Å². The number of imidazole rings is 1. The van der Waals surface area contributed by atoms with Gasteiger partial charge in [-0.1, -0.05) is 20.8 Å². The van der Waals surface area contributed by atoms with Crippen LogP contribution in [0.1, 0.15) is 46.5 Å². The Labute approximate surface area is 189 Å². The van der Waals surface area contributed by atoms with Crippen LogP contribution in [0.5, 0.6) is 0 Å². The minimum Gasteiger partial charge on any atom is -0.486 e. The van der Waals surface area contributed by atoms with Crippen molar-refractivity contribution in [1.82, 2.24) is 9.55 Å². The van der Waals surface area contributed by atoms with E-state index >= 15 is 0 Å². The highest BCUT2D eigenvalue weighted by Crippen LogP contribution is 2.46. The van der Waals surface area contributed by atoms with Crippen LogP contribution in [0.2, 0.25) is 23.4 Å². The van der Waals surface area contributed by atoms with Crippen molar-refractivity contribution in [2.24, 2.45) is 4.99 Å². The fourth-order valence-electron chi connectivity index (χ4n) is 3.43. The van der Waals surface area contributed by atoms with Crippen LogP contribution in [0.4, 0.5) is 5.82 Å². The molecule has 3 rings (SSSR count). The first-order valence-electron chi connectivity index (χ1n) is 10.2. The van der Waals surface area contributed by atoms with Crippen LogP contribution in [0.25, 0.3) is 0 Å². The van der Waals surface area contributed by atoms with Crippen LogP contribution >= 0.6 is 11.6 Å². The van der Waals surface area contributed by atoms with Crippen molar-refractivity contribution < 1.29 is 23.4 Å². The quantitative estimate of drug-likeness (QED) is 0.349. The summed E-state index contributed by atoms with van der Waals surface area (Å²) in [5, 5.41) is 9.60. The number of halogens is 1. The van der Waals surface area contributed by atoms with Crippen LogP contribution in [-0.2, 0) is 23.4 Å². The fraction of sp³-hybridized carbons (Fsp3) is 0.750. The van der Waals surface area contributed by atoms with E-state index in [1.54, 1.807) is 4.57 Å². The summed E-state index contributed by atoms with van der Waals surface area (Å²) in [5.41, 5.74) is 0.0672. The number of hydrogen-bond acceptors (Lipinski definition) is 8.